The van der Waals surface area contributed by atoms with Gasteiger partial charge in [0.05, 0.1) is 31.4 Å². The topological polar surface area (TPSA) is 78.7 Å². The second kappa shape index (κ2) is 9.04. The molecule has 0 aliphatic carbocycles. The molecule has 3 aromatic rings. The monoisotopic (exact) mass is 510 g/mol. The molecule has 1 aromatic carbocycles. The van der Waals surface area contributed by atoms with Crippen molar-refractivity contribution in [2.24, 2.45) is 0 Å². The number of fused-ring (bicyclic) bond motifs is 3. The summed E-state index contributed by atoms with van der Waals surface area (Å²) in [4.78, 5) is 21.7. The highest BCUT2D eigenvalue weighted by Crippen LogP contribution is 2.35. The minimum Gasteiger partial charge on any atom is -0.472 e. The van der Waals surface area contributed by atoms with Crippen LogP contribution in [0.25, 0.3) is 0 Å². The first-order valence-electron chi connectivity index (χ1n) is 10.9. The summed E-state index contributed by atoms with van der Waals surface area (Å²) in [6.07, 6.45) is -3.92. The molecule has 5 rings (SSSR count). The molecule has 1 fully saturated rings. The summed E-state index contributed by atoms with van der Waals surface area (Å²) in [5.41, 5.74) is -1.09. The van der Waals surface area contributed by atoms with Crippen LogP contribution in [0.5, 0.6) is 17.4 Å². The lowest BCUT2D eigenvalue weighted by Gasteiger charge is -2.31. The lowest BCUT2D eigenvalue weighted by molar-refractivity contribution is -0.141. The van der Waals surface area contributed by atoms with Gasteiger partial charge in [0.15, 0.2) is 17.4 Å². The molecule has 8 nitrogen and oxygen atoms in total. The van der Waals surface area contributed by atoms with E-state index in [9.17, 15) is 26.7 Å². The molecule has 2 aliphatic heterocycles. The molecule has 0 amide bonds. The van der Waals surface area contributed by atoms with Crippen LogP contribution in [0.4, 0.5) is 27.8 Å². The lowest BCUT2D eigenvalue weighted by atomic mass is 10.2. The maximum absolute atomic E-state index is 14.6. The zero-order valence-corrected chi connectivity index (χ0v) is 18.8. The van der Waals surface area contributed by atoms with Crippen molar-refractivity contribution in [1.82, 2.24) is 14.5 Å². The van der Waals surface area contributed by atoms with Crippen LogP contribution in [0.1, 0.15) is 16.8 Å². The average molecular weight is 510 g/mol. The van der Waals surface area contributed by atoms with Crippen LogP contribution in [0.3, 0.4) is 0 Å². The number of anilines is 1. The second-order valence-corrected chi connectivity index (χ2v) is 8.33. The number of hydrogen-bond donors (Lipinski definition) is 0. The lowest BCUT2D eigenvalue weighted by Crippen LogP contribution is -2.43. The molecule has 2 aliphatic rings. The van der Waals surface area contributed by atoms with Crippen molar-refractivity contribution in [3.8, 4) is 17.4 Å². The Morgan fingerprint density at radius 1 is 1.19 bits per heavy atom. The van der Waals surface area contributed by atoms with Crippen molar-refractivity contribution in [2.45, 2.75) is 32.3 Å². The molecule has 1 atom stereocenters. The number of benzene rings is 1. The predicted octanol–water partition coefficient (Wildman–Crippen LogP) is 3.83. The zero-order chi connectivity index (χ0) is 25.6. The molecule has 4 heterocycles. The number of morpholine rings is 1. The van der Waals surface area contributed by atoms with Crippen LogP contribution in [0, 0.1) is 18.6 Å². The molecule has 1 saturated heterocycles. The van der Waals surface area contributed by atoms with Crippen LogP contribution in [-0.2, 0) is 24.1 Å². The van der Waals surface area contributed by atoms with E-state index in [0.717, 1.165) is 24.4 Å². The Kier molecular flexibility index (Phi) is 6.02. The number of nitrogens with zero attached hydrogens (tertiary/aromatic N) is 4. The van der Waals surface area contributed by atoms with Crippen LogP contribution >= 0.6 is 0 Å². The Morgan fingerprint density at radius 2 is 1.94 bits per heavy atom. The SMILES string of the molecule is Cc1c(OCc2cc(F)c(Oc3ccnc(C(F)(F)F)c3)c(F)c2)nc(=O)n2c1N1CCOCC1C2. The number of pyridine rings is 1. The first-order chi connectivity index (χ1) is 17.1. The number of rotatable bonds is 5. The molecule has 36 heavy (non-hydrogen) atoms. The van der Waals surface area contributed by atoms with Gasteiger partial charge in [0.25, 0.3) is 0 Å². The fourth-order valence-electron chi connectivity index (χ4n) is 4.28. The number of alkyl halides is 3. The number of ether oxygens (including phenoxy) is 3. The van der Waals surface area contributed by atoms with E-state index in [0.29, 0.717) is 43.8 Å². The minimum atomic E-state index is -4.74. The third-order valence-corrected chi connectivity index (χ3v) is 5.91. The zero-order valence-electron chi connectivity index (χ0n) is 18.8. The Morgan fingerprint density at radius 3 is 2.67 bits per heavy atom. The first-order valence-corrected chi connectivity index (χ1v) is 10.9. The Hall–Kier alpha value is -3.74. The third-order valence-electron chi connectivity index (χ3n) is 5.91. The smallest absolute Gasteiger partial charge is 0.433 e. The van der Waals surface area contributed by atoms with Crippen molar-refractivity contribution in [3.63, 3.8) is 0 Å². The van der Waals surface area contributed by atoms with Crippen molar-refractivity contribution < 1.29 is 36.2 Å². The summed E-state index contributed by atoms with van der Waals surface area (Å²) < 4.78 is 85.4. The summed E-state index contributed by atoms with van der Waals surface area (Å²) >= 11 is 0. The summed E-state index contributed by atoms with van der Waals surface area (Å²) in [5.74, 6) is -2.88. The van der Waals surface area contributed by atoms with Gasteiger partial charge in [0, 0.05) is 18.8 Å². The first kappa shape index (κ1) is 24.0. The van der Waals surface area contributed by atoms with Gasteiger partial charge in [-0.3, -0.25) is 9.55 Å². The van der Waals surface area contributed by atoms with E-state index in [1.807, 2.05) is 0 Å². The summed E-state index contributed by atoms with van der Waals surface area (Å²) in [7, 11) is 0. The fourth-order valence-corrected chi connectivity index (χ4v) is 4.28. The molecular weight excluding hydrogens is 491 g/mol. The van der Waals surface area contributed by atoms with E-state index in [1.54, 1.807) is 11.5 Å². The molecule has 0 spiro atoms. The Bertz CT molecular complexity index is 1350. The van der Waals surface area contributed by atoms with Crippen molar-refractivity contribution in [3.05, 3.63) is 69.4 Å². The van der Waals surface area contributed by atoms with Gasteiger partial charge < -0.3 is 19.1 Å². The van der Waals surface area contributed by atoms with E-state index in [-0.39, 0.29) is 24.1 Å². The van der Waals surface area contributed by atoms with E-state index in [2.05, 4.69) is 14.9 Å². The predicted molar refractivity (Wildman–Crippen MR) is 115 cm³/mol. The van der Waals surface area contributed by atoms with Gasteiger partial charge in [-0.05, 0) is 30.7 Å². The Labute approximate surface area is 200 Å². The normalized spacial score (nSPS) is 17.1. The summed E-state index contributed by atoms with van der Waals surface area (Å²) in [6.45, 7) is 3.49. The second-order valence-electron chi connectivity index (χ2n) is 8.33. The summed E-state index contributed by atoms with van der Waals surface area (Å²) in [5, 5.41) is 0. The van der Waals surface area contributed by atoms with Gasteiger partial charge in [0.1, 0.15) is 23.9 Å². The highest BCUT2D eigenvalue weighted by Gasteiger charge is 2.36. The van der Waals surface area contributed by atoms with Gasteiger partial charge in [-0.2, -0.15) is 18.2 Å². The maximum Gasteiger partial charge on any atom is 0.433 e. The van der Waals surface area contributed by atoms with Crippen molar-refractivity contribution in [1.29, 1.82) is 0 Å². The fraction of sp³-hybridized carbons (Fsp3) is 0.348. The molecule has 0 bridgehead atoms. The van der Waals surface area contributed by atoms with Crippen molar-refractivity contribution >= 4 is 5.82 Å². The van der Waals surface area contributed by atoms with Gasteiger partial charge in [-0.15, -0.1) is 0 Å². The number of aromatic nitrogens is 3. The van der Waals surface area contributed by atoms with Gasteiger partial charge in [-0.1, -0.05) is 0 Å². The minimum absolute atomic E-state index is 0.0190. The van der Waals surface area contributed by atoms with Crippen LogP contribution in [0.15, 0.2) is 35.3 Å². The quantitative estimate of drug-likeness (QED) is 0.483. The molecule has 190 valence electrons. The molecule has 1 unspecified atom stereocenters. The molecule has 0 saturated carbocycles. The molecule has 2 aromatic heterocycles. The number of halogens is 5. The van der Waals surface area contributed by atoms with E-state index < -0.39 is 40.7 Å². The van der Waals surface area contributed by atoms with E-state index >= 15 is 0 Å². The van der Waals surface area contributed by atoms with Gasteiger partial charge in [-0.25, -0.2) is 13.6 Å². The largest absolute Gasteiger partial charge is 0.472 e. The van der Waals surface area contributed by atoms with Crippen LogP contribution < -0.4 is 20.1 Å². The van der Waals surface area contributed by atoms with Gasteiger partial charge >= 0.3 is 11.9 Å². The van der Waals surface area contributed by atoms with Gasteiger partial charge in [0.2, 0.25) is 5.88 Å². The molecular formula is C23H19F5N4O4. The standard InChI is InChI=1S/C23H19F5N4O4/c1-12-20(30-22(33)32-9-14-11-34-5-4-31(14)21(12)32)35-10-13-6-16(24)19(17(25)7-13)36-15-2-3-29-18(8-15)23(26,27)28/h2-3,6-8,14H,4-5,9-11H2,1H3. The highest BCUT2D eigenvalue weighted by atomic mass is 19.4. The summed E-state index contributed by atoms with van der Waals surface area (Å²) in [6, 6.07) is 3.46. The average Bonchev–Trinajstić information content (AvgIpc) is 3.23. The van der Waals surface area contributed by atoms with Crippen LogP contribution in [0.2, 0.25) is 0 Å². The molecule has 0 radical (unpaired) electrons. The molecule has 0 N–H and O–H groups in total. The highest BCUT2D eigenvalue weighted by molar-refractivity contribution is 5.55. The van der Waals surface area contributed by atoms with E-state index in [1.165, 1.54) is 0 Å². The van der Waals surface area contributed by atoms with Crippen molar-refractivity contribution in [2.75, 3.05) is 24.7 Å². The maximum atomic E-state index is 14.6. The third kappa shape index (κ3) is 4.45. The van der Waals surface area contributed by atoms with Crippen LogP contribution in [-0.4, -0.2) is 40.3 Å². The Balaban J connectivity index is 1.35. The number of hydrogen-bond acceptors (Lipinski definition) is 7. The van der Waals surface area contributed by atoms with E-state index in [4.69, 9.17) is 14.2 Å². The molecule has 13 heteroatoms.